The summed E-state index contributed by atoms with van der Waals surface area (Å²) in [7, 11) is 0. The summed E-state index contributed by atoms with van der Waals surface area (Å²) in [6.07, 6.45) is 1.03. The van der Waals surface area contributed by atoms with E-state index in [1.165, 1.54) is 5.56 Å². The van der Waals surface area contributed by atoms with Crippen LogP contribution < -0.4 is 10.5 Å². The lowest BCUT2D eigenvalue weighted by Gasteiger charge is -2.11. The average Bonchev–Trinajstić information content (AvgIpc) is 2.35. The fraction of sp³-hybridized carbons (Fsp3) is 0.200. The molecule has 0 aliphatic heterocycles. The van der Waals surface area contributed by atoms with E-state index >= 15 is 0 Å². The Morgan fingerprint density at radius 2 is 1.76 bits per heavy atom. The van der Waals surface area contributed by atoms with Crippen molar-refractivity contribution in [1.29, 1.82) is 0 Å². The van der Waals surface area contributed by atoms with Crippen molar-refractivity contribution in [3.05, 3.63) is 53.6 Å². The van der Waals surface area contributed by atoms with Crippen LogP contribution in [-0.4, -0.2) is 0 Å². The number of benzene rings is 2. The molecule has 2 rings (SSSR count). The van der Waals surface area contributed by atoms with Gasteiger partial charge in [-0.15, -0.1) is 0 Å². The first-order valence-corrected chi connectivity index (χ1v) is 5.82. The van der Waals surface area contributed by atoms with Crippen molar-refractivity contribution in [2.75, 3.05) is 5.73 Å². The third kappa shape index (κ3) is 2.59. The summed E-state index contributed by atoms with van der Waals surface area (Å²) in [6.45, 7) is 4.13. The van der Waals surface area contributed by atoms with Gasteiger partial charge in [0.15, 0.2) is 5.75 Å². The van der Waals surface area contributed by atoms with Crippen molar-refractivity contribution in [3.8, 4) is 11.5 Å². The summed E-state index contributed by atoms with van der Waals surface area (Å²) >= 11 is 0. The molecule has 0 atom stereocenters. The van der Waals surface area contributed by atoms with E-state index in [0.717, 1.165) is 23.5 Å². The van der Waals surface area contributed by atoms with Crippen LogP contribution in [0, 0.1) is 6.92 Å². The van der Waals surface area contributed by atoms with Gasteiger partial charge in [0.1, 0.15) is 5.75 Å². The minimum atomic E-state index is 0.671. The minimum absolute atomic E-state index is 0.671. The Bertz CT molecular complexity index is 483. The number of rotatable bonds is 3. The first-order valence-electron chi connectivity index (χ1n) is 5.82. The van der Waals surface area contributed by atoms with Gasteiger partial charge in [0.2, 0.25) is 0 Å². The van der Waals surface area contributed by atoms with Gasteiger partial charge in [-0.2, -0.15) is 0 Å². The molecule has 2 aromatic carbocycles. The van der Waals surface area contributed by atoms with Crippen LogP contribution in [0.15, 0.2) is 42.5 Å². The van der Waals surface area contributed by atoms with Gasteiger partial charge in [0.25, 0.3) is 0 Å². The number of ether oxygens (including phenoxy) is 1. The summed E-state index contributed by atoms with van der Waals surface area (Å²) < 4.78 is 5.81. The molecule has 2 nitrogen and oxygen atoms in total. The molecule has 0 saturated carbocycles. The highest BCUT2D eigenvalue weighted by Gasteiger charge is 2.05. The monoisotopic (exact) mass is 227 g/mol. The van der Waals surface area contributed by atoms with Crippen molar-refractivity contribution in [1.82, 2.24) is 0 Å². The Morgan fingerprint density at radius 1 is 1.06 bits per heavy atom. The molecule has 0 bridgehead atoms. The number of nitrogen functional groups attached to an aromatic ring is 1. The summed E-state index contributed by atoms with van der Waals surface area (Å²) in [4.78, 5) is 0. The van der Waals surface area contributed by atoms with E-state index in [2.05, 4.69) is 19.1 Å². The summed E-state index contributed by atoms with van der Waals surface area (Å²) in [5.41, 5.74) is 8.92. The van der Waals surface area contributed by atoms with Crippen molar-refractivity contribution in [2.24, 2.45) is 0 Å². The lowest BCUT2D eigenvalue weighted by Crippen LogP contribution is -1.94. The molecule has 0 aliphatic rings. The van der Waals surface area contributed by atoms with Gasteiger partial charge in [0.05, 0.1) is 5.69 Å². The zero-order chi connectivity index (χ0) is 12.3. The van der Waals surface area contributed by atoms with Crippen molar-refractivity contribution in [2.45, 2.75) is 20.3 Å². The minimum Gasteiger partial charge on any atom is -0.455 e. The Labute approximate surface area is 102 Å². The molecular formula is C15H17NO. The van der Waals surface area contributed by atoms with Crippen molar-refractivity contribution in [3.63, 3.8) is 0 Å². The second-order valence-corrected chi connectivity index (χ2v) is 4.09. The van der Waals surface area contributed by atoms with E-state index in [0.29, 0.717) is 5.69 Å². The number of hydrogen-bond acceptors (Lipinski definition) is 2. The molecule has 0 aliphatic carbocycles. The highest BCUT2D eigenvalue weighted by Crippen LogP contribution is 2.30. The van der Waals surface area contributed by atoms with Crippen LogP contribution in [0.5, 0.6) is 11.5 Å². The number of para-hydroxylation sites is 1. The molecule has 0 unspecified atom stereocenters. The van der Waals surface area contributed by atoms with Crippen LogP contribution >= 0.6 is 0 Å². The highest BCUT2D eigenvalue weighted by molar-refractivity contribution is 5.57. The zero-order valence-corrected chi connectivity index (χ0v) is 10.2. The van der Waals surface area contributed by atoms with E-state index in [4.69, 9.17) is 10.5 Å². The third-order valence-electron chi connectivity index (χ3n) is 2.79. The first kappa shape index (κ1) is 11.5. The largest absolute Gasteiger partial charge is 0.455 e. The number of aryl methyl sites for hydroxylation is 2. The first-order chi connectivity index (χ1) is 8.20. The molecule has 2 aromatic rings. The van der Waals surface area contributed by atoms with E-state index in [-0.39, 0.29) is 0 Å². The Hall–Kier alpha value is -1.96. The van der Waals surface area contributed by atoms with Gasteiger partial charge >= 0.3 is 0 Å². The topological polar surface area (TPSA) is 35.2 Å². The number of nitrogens with two attached hydrogens (primary N) is 1. The fourth-order valence-electron chi connectivity index (χ4n) is 1.73. The zero-order valence-electron chi connectivity index (χ0n) is 10.2. The van der Waals surface area contributed by atoms with Gasteiger partial charge < -0.3 is 10.5 Å². The molecule has 2 heteroatoms. The van der Waals surface area contributed by atoms with Crippen LogP contribution in [-0.2, 0) is 6.42 Å². The standard InChI is InChI=1S/C15H17NO/c1-3-12-7-9-13(10-8-12)17-15-11(2)5-4-6-14(15)16/h4-10H,3,16H2,1-2H3. The predicted octanol–water partition coefficient (Wildman–Crippen LogP) is 3.93. The van der Waals surface area contributed by atoms with Gasteiger partial charge in [0, 0.05) is 0 Å². The second kappa shape index (κ2) is 4.91. The summed E-state index contributed by atoms with van der Waals surface area (Å²) in [6, 6.07) is 13.9. The normalized spacial score (nSPS) is 10.2. The molecule has 88 valence electrons. The highest BCUT2D eigenvalue weighted by atomic mass is 16.5. The van der Waals surface area contributed by atoms with Crippen LogP contribution in [0.1, 0.15) is 18.1 Å². The SMILES string of the molecule is CCc1ccc(Oc2c(C)cccc2N)cc1. The maximum atomic E-state index is 5.90. The molecule has 0 spiro atoms. The molecular weight excluding hydrogens is 210 g/mol. The quantitative estimate of drug-likeness (QED) is 0.806. The van der Waals surface area contributed by atoms with Gasteiger partial charge in [-0.05, 0) is 42.7 Å². The molecule has 0 saturated heterocycles. The van der Waals surface area contributed by atoms with Gasteiger partial charge in [-0.3, -0.25) is 0 Å². The Balaban J connectivity index is 2.25. The van der Waals surface area contributed by atoms with Crippen LogP contribution in [0.3, 0.4) is 0 Å². The van der Waals surface area contributed by atoms with Crippen molar-refractivity contribution < 1.29 is 4.74 Å². The summed E-state index contributed by atoms with van der Waals surface area (Å²) in [5.74, 6) is 1.57. The molecule has 0 radical (unpaired) electrons. The number of anilines is 1. The second-order valence-electron chi connectivity index (χ2n) is 4.09. The maximum absolute atomic E-state index is 5.90. The van der Waals surface area contributed by atoms with E-state index < -0.39 is 0 Å². The summed E-state index contributed by atoms with van der Waals surface area (Å²) in [5, 5.41) is 0. The Morgan fingerprint density at radius 3 is 2.35 bits per heavy atom. The fourth-order valence-corrected chi connectivity index (χ4v) is 1.73. The lowest BCUT2D eigenvalue weighted by molar-refractivity contribution is 0.481. The lowest BCUT2D eigenvalue weighted by atomic mass is 10.1. The number of hydrogen-bond donors (Lipinski definition) is 1. The van der Waals surface area contributed by atoms with Gasteiger partial charge in [-0.1, -0.05) is 31.2 Å². The average molecular weight is 227 g/mol. The smallest absolute Gasteiger partial charge is 0.153 e. The van der Waals surface area contributed by atoms with E-state index in [9.17, 15) is 0 Å². The van der Waals surface area contributed by atoms with E-state index in [1.807, 2.05) is 37.3 Å². The van der Waals surface area contributed by atoms with Crippen LogP contribution in [0.4, 0.5) is 5.69 Å². The van der Waals surface area contributed by atoms with Crippen molar-refractivity contribution >= 4 is 5.69 Å². The molecule has 0 amide bonds. The predicted molar refractivity (Wildman–Crippen MR) is 71.5 cm³/mol. The Kier molecular flexibility index (Phi) is 3.33. The maximum Gasteiger partial charge on any atom is 0.153 e. The van der Waals surface area contributed by atoms with Gasteiger partial charge in [-0.25, -0.2) is 0 Å². The van der Waals surface area contributed by atoms with E-state index in [1.54, 1.807) is 0 Å². The molecule has 2 N–H and O–H groups in total. The molecule has 17 heavy (non-hydrogen) atoms. The molecule has 0 aromatic heterocycles. The van der Waals surface area contributed by atoms with Crippen LogP contribution in [0.25, 0.3) is 0 Å². The molecule has 0 heterocycles. The molecule has 0 fully saturated rings. The van der Waals surface area contributed by atoms with Crippen LogP contribution in [0.2, 0.25) is 0 Å². The third-order valence-corrected chi connectivity index (χ3v) is 2.79.